The van der Waals surface area contributed by atoms with E-state index in [1.54, 1.807) is 53.7 Å². The molecule has 3 N–H and O–H groups in total. The van der Waals surface area contributed by atoms with Crippen LogP contribution in [0.2, 0.25) is 25.7 Å². The normalized spacial score (nSPS) is 13.5. The lowest BCUT2D eigenvalue weighted by molar-refractivity contribution is -0.156. The number of carbonyl (C=O) groups excluding carboxylic acids is 6. The smallest absolute Gasteiger partial charge is 0.408 e. The van der Waals surface area contributed by atoms with Gasteiger partial charge in [-0.3, -0.25) is 19.2 Å². The van der Waals surface area contributed by atoms with Crippen molar-refractivity contribution < 1.29 is 43.0 Å². The second-order valence-corrected chi connectivity index (χ2v) is 23.7. The maximum atomic E-state index is 13.5. The predicted octanol–water partition coefficient (Wildman–Crippen LogP) is 7.57. The molecule has 0 aliphatic carbocycles. The van der Waals surface area contributed by atoms with E-state index in [2.05, 4.69) is 47.5 Å². The SMILES string of the molecule is CCCCCCCC(=O)SCCC=C[C@H](CC(=O)OCC[Si](C)(C)C)OC(=O)[C@@H](NC(=O)C(CC)NC(=O)c1csc(CNC(=O)OC(C)(C)C)n1)C(C)C. The van der Waals surface area contributed by atoms with E-state index in [0.717, 1.165) is 31.7 Å². The Labute approximate surface area is 337 Å². The zero-order valence-electron chi connectivity index (χ0n) is 34.7. The molecule has 16 heteroatoms. The van der Waals surface area contributed by atoms with Crippen LogP contribution in [0.15, 0.2) is 17.5 Å². The van der Waals surface area contributed by atoms with Crippen LogP contribution in [0.5, 0.6) is 0 Å². The number of thioether (sulfide) groups is 1. The van der Waals surface area contributed by atoms with Crippen LogP contribution >= 0.6 is 23.1 Å². The second-order valence-electron chi connectivity index (χ2n) is 16.0. The van der Waals surface area contributed by atoms with Crippen LogP contribution in [0, 0.1) is 5.92 Å². The topological polar surface area (TPSA) is 179 Å². The molecule has 1 unspecified atom stereocenters. The number of aromatic nitrogens is 1. The van der Waals surface area contributed by atoms with Crippen molar-refractivity contribution in [1.29, 1.82) is 0 Å². The monoisotopic (exact) mass is 826 g/mol. The minimum Gasteiger partial charge on any atom is -0.466 e. The van der Waals surface area contributed by atoms with Crippen molar-refractivity contribution in [2.75, 3.05) is 12.4 Å². The van der Waals surface area contributed by atoms with Crippen molar-refractivity contribution in [3.05, 3.63) is 28.2 Å². The van der Waals surface area contributed by atoms with Crippen LogP contribution < -0.4 is 16.0 Å². The maximum absolute atomic E-state index is 13.5. The number of rotatable bonds is 25. The molecule has 3 amide bonds. The molecule has 1 rings (SSSR count). The fourth-order valence-corrected chi connectivity index (χ4v) is 6.99. The Morgan fingerprint density at radius 3 is 2.31 bits per heavy atom. The van der Waals surface area contributed by atoms with Gasteiger partial charge in [0.05, 0.1) is 19.6 Å². The number of alkyl carbamates (subject to hydrolysis) is 1. The molecule has 0 radical (unpaired) electrons. The van der Waals surface area contributed by atoms with Crippen LogP contribution in [0.3, 0.4) is 0 Å². The lowest BCUT2D eigenvalue weighted by Crippen LogP contribution is -2.53. The Kier molecular flexibility index (Phi) is 23.4. The maximum Gasteiger partial charge on any atom is 0.408 e. The van der Waals surface area contributed by atoms with E-state index in [9.17, 15) is 28.8 Å². The summed E-state index contributed by atoms with van der Waals surface area (Å²) in [5.74, 6) is -2.23. The average Bonchev–Trinajstić information content (AvgIpc) is 3.56. The number of esters is 2. The van der Waals surface area contributed by atoms with Gasteiger partial charge in [0.25, 0.3) is 5.91 Å². The van der Waals surface area contributed by atoms with Gasteiger partial charge in [-0.1, -0.05) is 90.9 Å². The summed E-state index contributed by atoms with van der Waals surface area (Å²) in [6.45, 7) is 19.5. The lowest BCUT2D eigenvalue weighted by atomic mass is 10.0. The standard InChI is InChI=1S/C39H66N4O9S2Si/c1-11-13-14-15-16-20-33(45)53-22-18-17-19-28(24-32(44)50-21-23-55(8,9)10)51-37(48)34(27(3)4)43-35(46)29(12-2)42-36(47)30-26-54-31(41-30)25-40-38(49)52-39(5,6)7/h17,19,26-29,34H,11-16,18,20-25H2,1-10H3,(H,40,49)(H,42,47)(H,43,46)/t28-,29?,34+/m1/s1. The second kappa shape index (κ2) is 25.8. The fourth-order valence-electron chi connectivity index (χ4n) is 4.79. The summed E-state index contributed by atoms with van der Waals surface area (Å²) >= 11 is 2.45. The molecule has 0 aromatic carbocycles. The highest BCUT2D eigenvalue weighted by atomic mass is 32.2. The summed E-state index contributed by atoms with van der Waals surface area (Å²) in [7, 11) is -1.44. The summed E-state index contributed by atoms with van der Waals surface area (Å²) in [5.41, 5.74) is -0.582. The molecular weight excluding hydrogens is 761 g/mol. The molecule has 1 aromatic heterocycles. The molecule has 312 valence electrons. The number of thiazole rings is 1. The van der Waals surface area contributed by atoms with E-state index < -0.39 is 61.7 Å². The molecule has 3 atom stereocenters. The van der Waals surface area contributed by atoms with Gasteiger partial charge < -0.3 is 30.2 Å². The molecule has 0 saturated carbocycles. The Morgan fingerprint density at radius 2 is 1.69 bits per heavy atom. The first kappa shape index (κ1) is 49.8. The first-order valence-electron chi connectivity index (χ1n) is 19.5. The highest BCUT2D eigenvalue weighted by molar-refractivity contribution is 8.13. The van der Waals surface area contributed by atoms with Crippen molar-refractivity contribution in [2.24, 2.45) is 5.92 Å². The molecule has 1 aromatic rings. The number of amides is 3. The Balaban J connectivity index is 2.90. The third kappa shape index (κ3) is 23.4. The largest absolute Gasteiger partial charge is 0.466 e. The third-order valence-electron chi connectivity index (χ3n) is 7.95. The van der Waals surface area contributed by atoms with Crippen molar-refractivity contribution in [2.45, 2.75) is 162 Å². The number of allylic oxidation sites excluding steroid dienone is 1. The molecule has 55 heavy (non-hydrogen) atoms. The minimum absolute atomic E-state index is 0.0625. The van der Waals surface area contributed by atoms with Gasteiger partial charge >= 0.3 is 18.0 Å². The van der Waals surface area contributed by atoms with Crippen LogP contribution in [0.25, 0.3) is 0 Å². The molecule has 0 aliphatic rings. The first-order valence-corrected chi connectivity index (χ1v) is 25.0. The average molecular weight is 827 g/mol. The van der Waals surface area contributed by atoms with Gasteiger partial charge in [-0.2, -0.15) is 0 Å². The molecule has 0 saturated heterocycles. The summed E-state index contributed by atoms with van der Waals surface area (Å²) in [4.78, 5) is 81.3. The van der Waals surface area contributed by atoms with Crippen LogP contribution in [0.1, 0.15) is 122 Å². The van der Waals surface area contributed by atoms with Gasteiger partial charge in [-0.15, -0.1) is 11.3 Å². The summed E-state index contributed by atoms with van der Waals surface area (Å²) in [6, 6.07) is -1.26. The minimum atomic E-state index is -1.44. The summed E-state index contributed by atoms with van der Waals surface area (Å²) in [6.07, 6.45) is 8.39. The van der Waals surface area contributed by atoms with Crippen molar-refractivity contribution in [3.8, 4) is 0 Å². The van der Waals surface area contributed by atoms with Gasteiger partial charge in [0.1, 0.15) is 34.5 Å². The van der Waals surface area contributed by atoms with Crippen molar-refractivity contribution >= 4 is 66.1 Å². The van der Waals surface area contributed by atoms with E-state index in [0.29, 0.717) is 23.6 Å². The van der Waals surface area contributed by atoms with E-state index in [1.807, 2.05) is 0 Å². The number of hydrogen-bond acceptors (Lipinski definition) is 12. The summed E-state index contributed by atoms with van der Waals surface area (Å²) < 4.78 is 16.5. The van der Waals surface area contributed by atoms with Gasteiger partial charge in [0.15, 0.2) is 5.12 Å². The highest BCUT2D eigenvalue weighted by Crippen LogP contribution is 2.16. The number of nitrogens with zero attached hydrogens (tertiary/aromatic N) is 1. The Hall–Kier alpha value is -3.24. The quantitative estimate of drug-likeness (QED) is 0.0291. The Morgan fingerprint density at radius 1 is 1.00 bits per heavy atom. The van der Waals surface area contributed by atoms with Gasteiger partial charge in [0, 0.05) is 25.6 Å². The molecule has 13 nitrogen and oxygen atoms in total. The number of hydrogen-bond donors (Lipinski definition) is 3. The summed E-state index contributed by atoms with van der Waals surface area (Å²) in [5, 5.41) is 10.1. The van der Waals surface area contributed by atoms with E-state index in [1.165, 1.54) is 34.9 Å². The third-order valence-corrected chi connectivity index (χ3v) is 11.5. The van der Waals surface area contributed by atoms with Crippen molar-refractivity contribution in [3.63, 3.8) is 0 Å². The van der Waals surface area contributed by atoms with Crippen LogP contribution in [-0.2, 0) is 39.9 Å². The van der Waals surface area contributed by atoms with E-state index >= 15 is 0 Å². The first-order chi connectivity index (χ1) is 25.7. The molecule has 0 fully saturated rings. The van der Waals surface area contributed by atoms with Gasteiger partial charge in [-0.25, -0.2) is 14.6 Å². The number of unbranched alkanes of at least 4 members (excludes halogenated alkanes) is 4. The van der Waals surface area contributed by atoms with Crippen LogP contribution in [-0.4, -0.2) is 84.2 Å². The van der Waals surface area contributed by atoms with Gasteiger partial charge in [0.2, 0.25) is 5.91 Å². The van der Waals surface area contributed by atoms with E-state index in [4.69, 9.17) is 14.2 Å². The molecule has 0 bridgehead atoms. The van der Waals surface area contributed by atoms with Gasteiger partial charge in [-0.05, 0) is 58.1 Å². The molecule has 0 aliphatic heterocycles. The molecule has 1 heterocycles. The Bertz CT molecular complexity index is 1410. The molecular formula is C39H66N4O9S2Si. The number of nitrogens with one attached hydrogen (secondary N) is 3. The van der Waals surface area contributed by atoms with E-state index in [-0.39, 0.29) is 42.7 Å². The highest BCUT2D eigenvalue weighted by Gasteiger charge is 2.31. The lowest BCUT2D eigenvalue weighted by Gasteiger charge is -2.25. The zero-order chi connectivity index (χ0) is 41.6. The number of ether oxygens (including phenoxy) is 3. The van der Waals surface area contributed by atoms with Crippen LogP contribution in [0.4, 0.5) is 4.79 Å². The van der Waals surface area contributed by atoms with Crippen molar-refractivity contribution in [1.82, 2.24) is 20.9 Å². The fraction of sp³-hybridized carbons (Fsp3) is 0.718. The molecule has 0 spiro atoms. The predicted molar refractivity (Wildman–Crippen MR) is 222 cm³/mol. The number of carbonyl (C=O) groups is 6. The zero-order valence-corrected chi connectivity index (χ0v) is 37.3.